The van der Waals surface area contributed by atoms with Crippen LogP contribution < -0.4 is 5.32 Å². The highest BCUT2D eigenvalue weighted by Gasteiger charge is 2.34. The molecule has 0 aliphatic carbocycles. The Kier molecular flexibility index (Phi) is 6.00. The zero-order chi connectivity index (χ0) is 15.4. The molecule has 0 saturated carbocycles. The van der Waals surface area contributed by atoms with Gasteiger partial charge in [-0.1, -0.05) is 13.8 Å². The molecule has 0 aromatic heterocycles. The molecule has 0 spiro atoms. The van der Waals surface area contributed by atoms with Crippen LogP contribution in [0.1, 0.15) is 48.5 Å². The van der Waals surface area contributed by atoms with E-state index in [9.17, 15) is 9.59 Å². The van der Waals surface area contributed by atoms with Crippen LogP contribution in [0, 0.1) is 5.92 Å². The Morgan fingerprint density at radius 2 is 1.53 bits per heavy atom. The number of amides is 1. The van der Waals surface area contributed by atoms with Crippen LogP contribution in [0.4, 0.5) is 0 Å². The van der Waals surface area contributed by atoms with E-state index >= 15 is 0 Å². The summed E-state index contributed by atoms with van der Waals surface area (Å²) in [6.45, 7) is 12.4. The minimum Gasteiger partial charge on any atom is -0.458 e. The van der Waals surface area contributed by atoms with Crippen molar-refractivity contribution in [3.63, 3.8) is 0 Å². The van der Waals surface area contributed by atoms with Crippen LogP contribution in [0.15, 0.2) is 0 Å². The fourth-order valence-corrected chi connectivity index (χ4v) is 1.27. The average Bonchev–Trinajstić information content (AvgIpc) is 2.22. The van der Waals surface area contributed by atoms with E-state index in [0.29, 0.717) is 0 Å². The van der Waals surface area contributed by atoms with Crippen molar-refractivity contribution < 1.29 is 19.1 Å². The Balaban J connectivity index is 4.86. The minimum atomic E-state index is -0.977. The second-order valence-electron chi connectivity index (χ2n) is 6.44. The summed E-state index contributed by atoms with van der Waals surface area (Å²) in [6, 6.07) is -0.679. The highest BCUT2D eigenvalue weighted by Crippen LogP contribution is 2.14. The second-order valence-corrected chi connectivity index (χ2v) is 6.44. The van der Waals surface area contributed by atoms with Crippen LogP contribution in [-0.2, 0) is 19.1 Å². The van der Waals surface area contributed by atoms with E-state index in [-0.39, 0.29) is 11.8 Å². The molecule has 0 saturated heterocycles. The summed E-state index contributed by atoms with van der Waals surface area (Å²) in [5.74, 6) is -0.825. The van der Waals surface area contributed by atoms with Gasteiger partial charge in [0.1, 0.15) is 17.2 Å². The topological polar surface area (TPSA) is 64.6 Å². The van der Waals surface area contributed by atoms with E-state index in [2.05, 4.69) is 5.32 Å². The standard InChI is InChI=1S/C14H27NO4/c1-9(2)10(11(16)19-13(3,4)5)15-12(17)14(6,7)18-8/h9-10H,1-8H3,(H,15,17)/t10-/m1/s1. The molecule has 5 nitrogen and oxygen atoms in total. The van der Waals surface area contributed by atoms with Gasteiger partial charge in [-0.05, 0) is 40.5 Å². The third-order valence-corrected chi connectivity index (χ3v) is 2.67. The SMILES string of the molecule is COC(C)(C)C(=O)N[C@@H](C(=O)OC(C)(C)C)C(C)C. The molecule has 0 aromatic carbocycles. The van der Waals surface area contributed by atoms with Crippen molar-refractivity contribution in [3.05, 3.63) is 0 Å². The van der Waals surface area contributed by atoms with E-state index in [1.165, 1.54) is 7.11 Å². The lowest BCUT2D eigenvalue weighted by atomic mass is 10.0. The van der Waals surface area contributed by atoms with Crippen molar-refractivity contribution in [1.29, 1.82) is 0 Å². The molecule has 0 aliphatic rings. The van der Waals surface area contributed by atoms with Crippen LogP contribution in [0.5, 0.6) is 0 Å². The number of esters is 1. The number of rotatable bonds is 5. The third-order valence-electron chi connectivity index (χ3n) is 2.67. The first-order chi connectivity index (χ1) is 8.40. The zero-order valence-corrected chi connectivity index (χ0v) is 13.3. The maximum atomic E-state index is 12.1. The first-order valence-corrected chi connectivity index (χ1v) is 6.49. The molecule has 0 aromatic rings. The van der Waals surface area contributed by atoms with E-state index in [1.54, 1.807) is 34.6 Å². The Labute approximate surface area is 116 Å². The summed E-state index contributed by atoms with van der Waals surface area (Å²) in [6.07, 6.45) is 0. The second kappa shape index (κ2) is 6.37. The largest absolute Gasteiger partial charge is 0.458 e. The molecule has 112 valence electrons. The van der Waals surface area contributed by atoms with Crippen molar-refractivity contribution in [1.82, 2.24) is 5.32 Å². The van der Waals surface area contributed by atoms with Crippen LogP contribution in [-0.4, -0.2) is 36.2 Å². The number of nitrogens with one attached hydrogen (secondary N) is 1. The van der Waals surface area contributed by atoms with Crippen LogP contribution in [0.25, 0.3) is 0 Å². The van der Waals surface area contributed by atoms with Gasteiger partial charge < -0.3 is 14.8 Å². The summed E-state index contributed by atoms with van der Waals surface area (Å²) in [5, 5.41) is 2.69. The van der Waals surface area contributed by atoms with E-state index in [4.69, 9.17) is 9.47 Å². The molecule has 0 aliphatic heterocycles. The normalized spacial score (nSPS) is 14.2. The van der Waals surface area contributed by atoms with Crippen molar-refractivity contribution >= 4 is 11.9 Å². The van der Waals surface area contributed by atoms with Gasteiger partial charge in [0.2, 0.25) is 0 Å². The number of ether oxygens (including phenoxy) is 2. The third kappa shape index (κ3) is 6.05. The fraction of sp³-hybridized carbons (Fsp3) is 0.857. The van der Waals surface area contributed by atoms with E-state index in [1.807, 2.05) is 13.8 Å². The predicted octanol–water partition coefficient (Wildman–Crippen LogP) is 1.89. The lowest BCUT2D eigenvalue weighted by Gasteiger charge is -2.29. The molecule has 0 unspecified atom stereocenters. The van der Waals surface area contributed by atoms with E-state index < -0.39 is 23.2 Å². The lowest BCUT2D eigenvalue weighted by molar-refractivity contribution is -0.161. The fourth-order valence-electron chi connectivity index (χ4n) is 1.27. The van der Waals surface area contributed by atoms with Gasteiger partial charge in [0.05, 0.1) is 0 Å². The van der Waals surface area contributed by atoms with Gasteiger partial charge >= 0.3 is 5.97 Å². The van der Waals surface area contributed by atoms with Gasteiger partial charge in [-0.2, -0.15) is 0 Å². The van der Waals surface area contributed by atoms with Gasteiger partial charge in [0.25, 0.3) is 5.91 Å². The van der Waals surface area contributed by atoms with Crippen LogP contribution >= 0.6 is 0 Å². The summed E-state index contributed by atoms with van der Waals surface area (Å²) >= 11 is 0. The predicted molar refractivity (Wildman–Crippen MR) is 73.7 cm³/mol. The number of hydrogen-bond donors (Lipinski definition) is 1. The van der Waals surface area contributed by atoms with Crippen molar-refractivity contribution in [2.75, 3.05) is 7.11 Å². The number of methoxy groups -OCH3 is 1. The molecule has 0 fully saturated rings. The molecule has 0 heterocycles. The maximum absolute atomic E-state index is 12.1. The molecular formula is C14H27NO4. The van der Waals surface area contributed by atoms with Crippen molar-refractivity contribution in [2.24, 2.45) is 5.92 Å². The first kappa shape index (κ1) is 17.9. The van der Waals surface area contributed by atoms with E-state index in [0.717, 1.165) is 0 Å². The molecule has 5 heteroatoms. The Bertz CT molecular complexity index is 329. The maximum Gasteiger partial charge on any atom is 0.329 e. The number of hydrogen-bond acceptors (Lipinski definition) is 4. The molecule has 1 amide bonds. The van der Waals surface area contributed by atoms with Crippen LogP contribution in [0.2, 0.25) is 0 Å². The smallest absolute Gasteiger partial charge is 0.329 e. The van der Waals surface area contributed by atoms with Gasteiger partial charge in [0, 0.05) is 7.11 Å². The summed E-state index contributed by atoms with van der Waals surface area (Å²) in [4.78, 5) is 24.1. The van der Waals surface area contributed by atoms with Gasteiger partial charge in [0.15, 0.2) is 0 Å². The van der Waals surface area contributed by atoms with Crippen molar-refractivity contribution in [2.45, 2.75) is 65.7 Å². The van der Waals surface area contributed by atoms with Crippen LogP contribution in [0.3, 0.4) is 0 Å². The molecule has 0 bridgehead atoms. The van der Waals surface area contributed by atoms with Gasteiger partial charge in [-0.25, -0.2) is 4.79 Å². The minimum absolute atomic E-state index is 0.0635. The van der Waals surface area contributed by atoms with Gasteiger partial charge in [-0.3, -0.25) is 4.79 Å². The monoisotopic (exact) mass is 273 g/mol. The number of carbonyl (C=O) groups excluding carboxylic acids is 2. The molecule has 19 heavy (non-hydrogen) atoms. The Morgan fingerprint density at radius 1 is 1.05 bits per heavy atom. The molecule has 0 rings (SSSR count). The Hall–Kier alpha value is -1.10. The first-order valence-electron chi connectivity index (χ1n) is 6.49. The average molecular weight is 273 g/mol. The van der Waals surface area contributed by atoms with Crippen molar-refractivity contribution in [3.8, 4) is 0 Å². The van der Waals surface area contributed by atoms with Gasteiger partial charge in [-0.15, -0.1) is 0 Å². The summed E-state index contributed by atoms with van der Waals surface area (Å²) in [5.41, 5.74) is -1.55. The number of carbonyl (C=O) groups is 2. The summed E-state index contributed by atoms with van der Waals surface area (Å²) < 4.78 is 10.4. The lowest BCUT2D eigenvalue weighted by Crippen LogP contribution is -2.53. The highest BCUT2D eigenvalue weighted by atomic mass is 16.6. The highest BCUT2D eigenvalue weighted by molar-refractivity contribution is 5.89. The quantitative estimate of drug-likeness (QED) is 0.777. The molecule has 1 N–H and O–H groups in total. The zero-order valence-electron chi connectivity index (χ0n) is 13.3. The Morgan fingerprint density at radius 3 is 1.84 bits per heavy atom. The summed E-state index contributed by atoms with van der Waals surface area (Å²) in [7, 11) is 1.46. The molecule has 1 atom stereocenters. The molecule has 0 radical (unpaired) electrons. The molecular weight excluding hydrogens is 246 g/mol.